The van der Waals surface area contributed by atoms with Crippen molar-refractivity contribution in [1.82, 2.24) is 5.32 Å². The maximum absolute atomic E-state index is 13.0. The summed E-state index contributed by atoms with van der Waals surface area (Å²) in [6, 6.07) is 9.25. The Labute approximate surface area is 151 Å². The zero-order valence-electron chi connectivity index (χ0n) is 12.3. The smallest absolute Gasteiger partial charge is 0.253 e. The number of benzene rings is 1. The zero-order chi connectivity index (χ0) is 17.1. The summed E-state index contributed by atoms with van der Waals surface area (Å²) in [5.41, 5.74) is 1.09. The summed E-state index contributed by atoms with van der Waals surface area (Å²) in [7, 11) is 0. The van der Waals surface area contributed by atoms with Gasteiger partial charge >= 0.3 is 0 Å². The van der Waals surface area contributed by atoms with Crippen LogP contribution in [0.1, 0.15) is 31.8 Å². The van der Waals surface area contributed by atoms with E-state index in [0.717, 1.165) is 21.4 Å². The summed E-state index contributed by atoms with van der Waals surface area (Å²) >= 11 is 8.84. The third-order valence-electron chi connectivity index (χ3n) is 3.41. The minimum absolute atomic E-state index is 0.0762. The van der Waals surface area contributed by atoms with Crippen LogP contribution in [-0.4, -0.2) is 11.0 Å². The Morgan fingerprint density at radius 3 is 2.83 bits per heavy atom. The van der Waals surface area contributed by atoms with Crippen molar-refractivity contribution >= 4 is 40.2 Å². The Kier molecular flexibility index (Phi) is 5.30. The average molecular weight is 382 g/mol. The highest BCUT2D eigenvalue weighted by Gasteiger charge is 2.15. The van der Waals surface area contributed by atoms with Crippen LogP contribution in [0.3, 0.4) is 0 Å². The van der Waals surface area contributed by atoms with Crippen LogP contribution in [0.2, 0.25) is 5.02 Å². The van der Waals surface area contributed by atoms with Crippen LogP contribution in [-0.2, 0) is 6.54 Å². The van der Waals surface area contributed by atoms with E-state index in [0.29, 0.717) is 6.54 Å². The van der Waals surface area contributed by atoms with Gasteiger partial charge in [0.15, 0.2) is 0 Å². The Morgan fingerprint density at radius 1 is 1.29 bits per heavy atom. The Bertz CT molecular complexity index is 848. The zero-order valence-corrected chi connectivity index (χ0v) is 14.7. The van der Waals surface area contributed by atoms with Gasteiger partial charge in [0.2, 0.25) is 0 Å². The van der Waals surface area contributed by atoms with E-state index in [1.54, 1.807) is 0 Å². The molecular weight excluding hydrogens is 369 g/mol. The molecule has 0 radical (unpaired) electrons. The van der Waals surface area contributed by atoms with Crippen LogP contribution in [0.4, 0.5) is 4.39 Å². The Morgan fingerprint density at radius 2 is 2.12 bits per heavy atom. The van der Waals surface area contributed by atoms with E-state index in [-0.39, 0.29) is 16.5 Å². The summed E-state index contributed by atoms with van der Waals surface area (Å²) in [4.78, 5) is 13.8. The average Bonchev–Trinajstić information content (AvgIpc) is 3.24. The van der Waals surface area contributed by atoms with Crippen LogP contribution >= 0.6 is 34.3 Å². The second kappa shape index (κ2) is 7.44. The molecule has 0 aliphatic rings. The van der Waals surface area contributed by atoms with Gasteiger partial charge in [0.05, 0.1) is 17.1 Å². The van der Waals surface area contributed by atoms with Crippen molar-refractivity contribution in [3.8, 4) is 0 Å². The van der Waals surface area contributed by atoms with Crippen molar-refractivity contribution < 1.29 is 14.3 Å². The predicted octanol–water partition coefficient (Wildman–Crippen LogP) is 4.61. The van der Waals surface area contributed by atoms with Crippen molar-refractivity contribution in [2.45, 2.75) is 12.6 Å². The van der Waals surface area contributed by atoms with Crippen molar-refractivity contribution in [3.63, 3.8) is 0 Å². The number of carbonyl (C=O) groups is 1. The van der Waals surface area contributed by atoms with Crippen LogP contribution in [0.25, 0.3) is 0 Å². The van der Waals surface area contributed by atoms with Crippen molar-refractivity contribution in [1.29, 1.82) is 0 Å². The van der Waals surface area contributed by atoms with Gasteiger partial charge in [0.1, 0.15) is 11.9 Å². The molecule has 7 heteroatoms. The molecule has 0 aliphatic heterocycles. The Balaban J connectivity index is 1.64. The standard InChI is InChI=1S/C17H13ClFNO2S2/c18-14-7-11(19)1-3-13(14)17(22)20-8-12-2-4-15(24-12)16(21)10-5-6-23-9-10/h1-7,9,16,21H,8H2,(H,20,22)/t16-/m0/s1. The fourth-order valence-electron chi connectivity index (χ4n) is 2.17. The summed E-state index contributed by atoms with van der Waals surface area (Å²) < 4.78 is 13.0. The van der Waals surface area contributed by atoms with Crippen molar-refractivity contribution in [3.05, 3.63) is 78.9 Å². The highest BCUT2D eigenvalue weighted by Crippen LogP contribution is 2.29. The minimum Gasteiger partial charge on any atom is -0.383 e. The molecule has 3 aromatic rings. The number of nitrogens with one attached hydrogen (secondary N) is 1. The van der Waals surface area contributed by atoms with E-state index in [9.17, 15) is 14.3 Å². The molecule has 3 nitrogen and oxygen atoms in total. The van der Waals surface area contributed by atoms with Crippen LogP contribution in [0, 0.1) is 5.82 Å². The molecular formula is C17H13ClFNO2S2. The van der Waals surface area contributed by atoms with Gasteiger partial charge in [-0.25, -0.2) is 4.39 Å². The van der Waals surface area contributed by atoms with Gasteiger partial charge in [0, 0.05) is 9.75 Å². The first-order valence-electron chi connectivity index (χ1n) is 7.06. The van der Waals surface area contributed by atoms with E-state index in [1.807, 2.05) is 29.0 Å². The maximum atomic E-state index is 13.0. The quantitative estimate of drug-likeness (QED) is 0.677. The fourth-order valence-corrected chi connectivity index (χ4v) is 4.07. The number of thiophene rings is 2. The van der Waals surface area contributed by atoms with Gasteiger partial charge in [-0.3, -0.25) is 4.79 Å². The molecule has 2 aromatic heterocycles. The van der Waals surface area contributed by atoms with Gasteiger partial charge in [0.25, 0.3) is 5.91 Å². The van der Waals surface area contributed by atoms with Crippen LogP contribution in [0.5, 0.6) is 0 Å². The van der Waals surface area contributed by atoms with E-state index in [4.69, 9.17) is 11.6 Å². The summed E-state index contributed by atoms with van der Waals surface area (Å²) in [5, 5.41) is 16.9. The molecule has 0 unspecified atom stereocenters. The molecule has 1 aromatic carbocycles. The molecule has 2 heterocycles. The van der Waals surface area contributed by atoms with Gasteiger partial charge in [-0.2, -0.15) is 11.3 Å². The second-order valence-corrected chi connectivity index (χ2v) is 7.46. The minimum atomic E-state index is -0.655. The highest BCUT2D eigenvalue weighted by atomic mass is 35.5. The van der Waals surface area contributed by atoms with Crippen LogP contribution in [0.15, 0.2) is 47.2 Å². The molecule has 0 spiro atoms. The van der Waals surface area contributed by atoms with Gasteiger partial charge in [-0.1, -0.05) is 11.6 Å². The molecule has 1 atom stereocenters. The lowest BCUT2D eigenvalue weighted by Gasteiger charge is -2.06. The Hall–Kier alpha value is -1.73. The number of hydrogen-bond donors (Lipinski definition) is 2. The molecule has 0 saturated heterocycles. The van der Waals surface area contributed by atoms with Gasteiger partial charge in [-0.15, -0.1) is 11.3 Å². The number of carbonyl (C=O) groups excluding carboxylic acids is 1. The number of amides is 1. The van der Waals surface area contributed by atoms with E-state index in [2.05, 4.69) is 5.32 Å². The lowest BCUT2D eigenvalue weighted by atomic mass is 10.2. The highest BCUT2D eigenvalue weighted by molar-refractivity contribution is 7.12. The van der Waals surface area contributed by atoms with E-state index < -0.39 is 11.9 Å². The second-order valence-electron chi connectivity index (χ2n) is 5.07. The first kappa shape index (κ1) is 17.1. The molecule has 24 heavy (non-hydrogen) atoms. The molecule has 124 valence electrons. The maximum Gasteiger partial charge on any atom is 0.253 e. The molecule has 1 amide bonds. The van der Waals surface area contributed by atoms with Crippen LogP contribution < -0.4 is 5.32 Å². The number of halogens is 2. The molecule has 0 fully saturated rings. The summed E-state index contributed by atoms with van der Waals surface area (Å²) in [6.45, 7) is 0.313. The first-order valence-corrected chi connectivity index (χ1v) is 9.20. The molecule has 0 bridgehead atoms. The molecule has 0 saturated carbocycles. The molecule has 2 N–H and O–H groups in total. The normalized spacial score (nSPS) is 12.1. The largest absolute Gasteiger partial charge is 0.383 e. The van der Waals surface area contributed by atoms with Gasteiger partial charge < -0.3 is 10.4 Å². The third kappa shape index (κ3) is 3.84. The predicted molar refractivity (Wildman–Crippen MR) is 95.3 cm³/mol. The molecule has 3 rings (SSSR count). The summed E-state index contributed by atoms with van der Waals surface area (Å²) in [6.07, 6.45) is -0.655. The van der Waals surface area contributed by atoms with Gasteiger partial charge in [-0.05, 0) is 52.7 Å². The SMILES string of the molecule is O=C(NCc1ccc([C@@H](O)c2ccsc2)s1)c1ccc(F)cc1Cl. The lowest BCUT2D eigenvalue weighted by Crippen LogP contribution is -2.22. The number of hydrogen-bond acceptors (Lipinski definition) is 4. The topological polar surface area (TPSA) is 49.3 Å². The molecule has 0 aliphatic carbocycles. The number of aliphatic hydroxyl groups is 1. The van der Waals surface area contributed by atoms with E-state index >= 15 is 0 Å². The summed E-state index contributed by atoms with van der Waals surface area (Å²) in [5.74, 6) is -0.852. The van der Waals surface area contributed by atoms with Crippen molar-refractivity contribution in [2.24, 2.45) is 0 Å². The monoisotopic (exact) mass is 381 g/mol. The number of aliphatic hydroxyl groups excluding tert-OH is 1. The lowest BCUT2D eigenvalue weighted by molar-refractivity contribution is 0.0951. The number of rotatable bonds is 5. The first-order chi connectivity index (χ1) is 11.5. The fraction of sp³-hybridized carbons (Fsp3) is 0.118. The van der Waals surface area contributed by atoms with Crippen molar-refractivity contribution in [2.75, 3.05) is 0 Å². The van der Waals surface area contributed by atoms with E-state index in [1.165, 1.54) is 34.8 Å². The third-order valence-corrected chi connectivity index (χ3v) is 5.56.